The summed E-state index contributed by atoms with van der Waals surface area (Å²) in [7, 11) is 0. The van der Waals surface area contributed by atoms with Gasteiger partial charge in [-0.3, -0.25) is 4.98 Å². The first-order valence-corrected chi connectivity index (χ1v) is 6.88. The number of pyridine rings is 1. The Bertz CT molecular complexity index is 334. The fraction of sp³-hybridized carbons (Fsp3) is 0.615. The van der Waals surface area contributed by atoms with Gasteiger partial charge in [0.2, 0.25) is 0 Å². The standard InChI is InChI=1S/C13H19BrN2/c1-10(12-4-2-3-5-12)16-8-11-6-13(14)9-15-7-11/h6-7,9-10,12,16H,2-5,8H2,1H3/t10-/m1/s1. The van der Waals surface area contributed by atoms with Gasteiger partial charge in [-0.05, 0) is 53.2 Å². The van der Waals surface area contributed by atoms with Crippen LogP contribution < -0.4 is 5.32 Å². The molecule has 2 nitrogen and oxygen atoms in total. The summed E-state index contributed by atoms with van der Waals surface area (Å²) in [6.07, 6.45) is 9.36. The molecule has 88 valence electrons. The topological polar surface area (TPSA) is 24.9 Å². The molecule has 0 unspecified atom stereocenters. The van der Waals surface area contributed by atoms with Gasteiger partial charge in [-0.1, -0.05) is 12.8 Å². The Morgan fingerprint density at radius 3 is 2.88 bits per heavy atom. The van der Waals surface area contributed by atoms with Gasteiger partial charge in [0.05, 0.1) is 0 Å². The molecule has 1 atom stereocenters. The van der Waals surface area contributed by atoms with Crippen LogP contribution in [0.4, 0.5) is 0 Å². The van der Waals surface area contributed by atoms with E-state index in [0.717, 1.165) is 16.9 Å². The summed E-state index contributed by atoms with van der Waals surface area (Å²) in [5, 5.41) is 3.61. The molecule has 16 heavy (non-hydrogen) atoms. The summed E-state index contributed by atoms with van der Waals surface area (Å²) in [5.41, 5.74) is 1.25. The van der Waals surface area contributed by atoms with Crippen LogP contribution in [0, 0.1) is 5.92 Å². The molecule has 0 saturated heterocycles. The third-order valence-corrected chi connectivity index (χ3v) is 3.93. The molecule has 1 aliphatic carbocycles. The average molecular weight is 283 g/mol. The summed E-state index contributed by atoms with van der Waals surface area (Å²) in [6, 6.07) is 2.75. The third-order valence-electron chi connectivity index (χ3n) is 3.50. The summed E-state index contributed by atoms with van der Waals surface area (Å²) < 4.78 is 1.06. The summed E-state index contributed by atoms with van der Waals surface area (Å²) in [6.45, 7) is 3.23. The highest BCUT2D eigenvalue weighted by atomic mass is 79.9. The Labute approximate surface area is 106 Å². The molecule has 0 radical (unpaired) electrons. The third kappa shape index (κ3) is 3.29. The second-order valence-corrected chi connectivity index (χ2v) is 5.64. The quantitative estimate of drug-likeness (QED) is 0.914. The van der Waals surface area contributed by atoms with Crippen molar-refractivity contribution in [3.05, 3.63) is 28.5 Å². The van der Waals surface area contributed by atoms with E-state index in [2.05, 4.69) is 39.2 Å². The molecule has 1 saturated carbocycles. The van der Waals surface area contributed by atoms with Crippen LogP contribution in [0.15, 0.2) is 22.9 Å². The monoisotopic (exact) mass is 282 g/mol. The van der Waals surface area contributed by atoms with E-state index >= 15 is 0 Å². The molecular formula is C13H19BrN2. The lowest BCUT2D eigenvalue weighted by atomic mass is 10.00. The summed E-state index contributed by atoms with van der Waals surface area (Å²) >= 11 is 3.45. The van der Waals surface area contributed by atoms with Crippen molar-refractivity contribution in [1.82, 2.24) is 10.3 Å². The fourth-order valence-corrected chi connectivity index (χ4v) is 2.87. The Morgan fingerprint density at radius 2 is 2.19 bits per heavy atom. The van der Waals surface area contributed by atoms with E-state index in [1.807, 2.05) is 12.4 Å². The number of hydrogen-bond acceptors (Lipinski definition) is 2. The van der Waals surface area contributed by atoms with E-state index in [9.17, 15) is 0 Å². The van der Waals surface area contributed by atoms with Crippen LogP contribution in [0.3, 0.4) is 0 Å². The van der Waals surface area contributed by atoms with Crippen molar-refractivity contribution in [3.63, 3.8) is 0 Å². The maximum Gasteiger partial charge on any atom is 0.0410 e. The molecule has 0 amide bonds. The second-order valence-electron chi connectivity index (χ2n) is 4.73. The number of nitrogens with zero attached hydrogens (tertiary/aromatic N) is 1. The van der Waals surface area contributed by atoms with Crippen molar-refractivity contribution >= 4 is 15.9 Å². The molecule has 2 rings (SSSR count). The van der Waals surface area contributed by atoms with Gasteiger partial charge in [-0.25, -0.2) is 0 Å². The molecule has 0 bridgehead atoms. The first-order valence-electron chi connectivity index (χ1n) is 6.08. The molecule has 1 fully saturated rings. The van der Waals surface area contributed by atoms with Crippen molar-refractivity contribution < 1.29 is 0 Å². The van der Waals surface area contributed by atoms with E-state index in [4.69, 9.17) is 0 Å². The zero-order chi connectivity index (χ0) is 11.4. The molecule has 1 aliphatic rings. The lowest BCUT2D eigenvalue weighted by molar-refractivity contribution is 0.380. The number of hydrogen-bond donors (Lipinski definition) is 1. The number of halogens is 1. The highest BCUT2D eigenvalue weighted by Gasteiger charge is 2.20. The first-order chi connectivity index (χ1) is 7.75. The molecule has 1 heterocycles. The van der Waals surface area contributed by atoms with Crippen molar-refractivity contribution in [3.8, 4) is 0 Å². The minimum absolute atomic E-state index is 0.626. The van der Waals surface area contributed by atoms with Gasteiger partial charge in [-0.15, -0.1) is 0 Å². The van der Waals surface area contributed by atoms with Gasteiger partial charge in [0, 0.05) is 29.5 Å². The molecule has 0 aliphatic heterocycles. The zero-order valence-electron chi connectivity index (χ0n) is 9.75. The molecule has 1 N–H and O–H groups in total. The molecule has 1 aromatic heterocycles. The lowest BCUT2D eigenvalue weighted by Gasteiger charge is -2.20. The second kappa shape index (κ2) is 5.78. The van der Waals surface area contributed by atoms with Crippen molar-refractivity contribution in [1.29, 1.82) is 0 Å². The van der Waals surface area contributed by atoms with Gasteiger partial charge < -0.3 is 5.32 Å². The highest BCUT2D eigenvalue weighted by molar-refractivity contribution is 9.10. The van der Waals surface area contributed by atoms with Crippen LogP contribution in [0.1, 0.15) is 38.2 Å². The zero-order valence-corrected chi connectivity index (χ0v) is 11.3. The van der Waals surface area contributed by atoms with Crippen LogP contribution in [0.25, 0.3) is 0 Å². The van der Waals surface area contributed by atoms with Crippen LogP contribution >= 0.6 is 15.9 Å². The van der Waals surface area contributed by atoms with Crippen molar-refractivity contribution in [2.24, 2.45) is 5.92 Å². The number of aromatic nitrogens is 1. The van der Waals surface area contributed by atoms with E-state index in [0.29, 0.717) is 6.04 Å². The Morgan fingerprint density at radius 1 is 1.44 bits per heavy atom. The highest BCUT2D eigenvalue weighted by Crippen LogP contribution is 2.27. The number of rotatable bonds is 4. The van der Waals surface area contributed by atoms with Crippen LogP contribution in [-0.4, -0.2) is 11.0 Å². The van der Waals surface area contributed by atoms with Crippen molar-refractivity contribution in [2.75, 3.05) is 0 Å². The van der Waals surface area contributed by atoms with Crippen LogP contribution in [-0.2, 0) is 6.54 Å². The minimum Gasteiger partial charge on any atom is -0.310 e. The maximum atomic E-state index is 4.17. The average Bonchev–Trinajstić information content (AvgIpc) is 2.79. The maximum absolute atomic E-state index is 4.17. The fourth-order valence-electron chi connectivity index (χ4n) is 2.46. The van der Waals surface area contributed by atoms with Crippen LogP contribution in [0.5, 0.6) is 0 Å². The first kappa shape index (κ1) is 12.1. The molecule has 0 spiro atoms. The molecular weight excluding hydrogens is 264 g/mol. The predicted molar refractivity (Wildman–Crippen MR) is 70.2 cm³/mol. The largest absolute Gasteiger partial charge is 0.310 e. The molecule has 1 aromatic rings. The van der Waals surface area contributed by atoms with Gasteiger partial charge in [-0.2, -0.15) is 0 Å². The Balaban J connectivity index is 1.82. The van der Waals surface area contributed by atoms with Gasteiger partial charge in [0.1, 0.15) is 0 Å². The lowest BCUT2D eigenvalue weighted by Crippen LogP contribution is -2.31. The van der Waals surface area contributed by atoms with E-state index < -0.39 is 0 Å². The number of nitrogens with one attached hydrogen (secondary N) is 1. The normalized spacial score (nSPS) is 18.9. The SMILES string of the molecule is C[C@@H](NCc1cncc(Br)c1)C1CCCC1. The minimum atomic E-state index is 0.626. The summed E-state index contributed by atoms with van der Waals surface area (Å²) in [4.78, 5) is 4.17. The van der Waals surface area contributed by atoms with E-state index in [-0.39, 0.29) is 0 Å². The smallest absolute Gasteiger partial charge is 0.0410 e. The molecule has 3 heteroatoms. The predicted octanol–water partition coefficient (Wildman–Crippen LogP) is 3.51. The Hall–Kier alpha value is -0.410. The van der Waals surface area contributed by atoms with E-state index in [1.165, 1.54) is 31.2 Å². The van der Waals surface area contributed by atoms with Crippen molar-refractivity contribution in [2.45, 2.75) is 45.2 Å². The Kier molecular flexibility index (Phi) is 4.36. The van der Waals surface area contributed by atoms with Crippen LogP contribution in [0.2, 0.25) is 0 Å². The van der Waals surface area contributed by atoms with Gasteiger partial charge in [0.15, 0.2) is 0 Å². The van der Waals surface area contributed by atoms with Gasteiger partial charge >= 0.3 is 0 Å². The van der Waals surface area contributed by atoms with Gasteiger partial charge in [0.25, 0.3) is 0 Å². The summed E-state index contributed by atoms with van der Waals surface area (Å²) in [5.74, 6) is 0.875. The molecule has 0 aromatic carbocycles. The van der Waals surface area contributed by atoms with E-state index in [1.54, 1.807) is 0 Å².